The molecule has 174 valence electrons. The van der Waals surface area contributed by atoms with Crippen molar-refractivity contribution in [3.05, 3.63) is 94.3 Å². The second kappa shape index (κ2) is 9.77. The van der Waals surface area contributed by atoms with E-state index >= 15 is 0 Å². The summed E-state index contributed by atoms with van der Waals surface area (Å²) in [6, 6.07) is 11.9. The van der Waals surface area contributed by atoms with Crippen molar-refractivity contribution < 1.29 is 9.50 Å². The molecule has 2 aliphatic carbocycles. The van der Waals surface area contributed by atoms with Crippen LogP contribution in [-0.2, 0) is 12.8 Å². The third-order valence-corrected chi connectivity index (χ3v) is 6.99. The number of nitrogens with one attached hydrogen (secondary N) is 1. The van der Waals surface area contributed by atoms with Gasteiger partial charge in [-0.25, -0.2) is 9.37 Å². The number of aryl methyl sites for hydroxylation is 1. The van der Waals surface area contributed by atoms with E-state index in [1.807, 2.05) is 12.1 Å². The minimum absolute atomic E-state index is 0.0197. The highest BCUT2D eigenvalue weighted by atomic mass is 35.5. The Hall–Kier alpha value is -3.88. The molecule has 3 aromatic carbocycles. The lowest BCUT2D eigenvalue weighted by Gasteiger charge is -2.25. The highest BCUT2D eigenvalue weighted by molar-refractivity contribution is 6.33. The molecule has 6 heteroatoms. The van der Waals surface area contributed by atoms with E-state index in [0.29, 0.717) is 16.7 Å². The standard InChI is InChI=1S/C27H20ClFO.C2H3N3/c1-2-5-19-15-24(26(29)27(30)25(19)28)18-9-11-21-17(14-18)10-13-22-20-7-4-3-6-16(20)8-12-23(21)22;1-3-2-5-4-1/h1,4,7,9-11,13-15,30H,3,5-6,8,12H2;1-2H,(H,3,4,5). The van der Waals surface area contributed by atoms with Crippen molar-refractivity contribution >= 4 is 27.9 Å². The van der Waals surface area contributed by atoms with Gasteiger partial charge in [0.15, 0.2) is 11.6 Å². The number of halogens is 2. The molecule has 0 fully saturated rings. The highest BCUT2D eigenvalue weighted by Crippen LogP contribution is 2.42. The van der Waals surface area contributed by atoms with Crippen molar-refractivity contribution in [2.24, 2.45) is 0 Å². The Morgan fingerprint density at radius 3 is 2.74 bits per heavy atom. The van der Waals surface area contributed by atoms with Crippen LogP contribution in [0.3, 0.4) is 0 Å². The summed E-state index contributed by atoms with van der Waals surface area (Å²) in [5, 5.41) is 18.4. The second-order valence-corrected chi connectivity index (χ2v) is 8.96. The van der Waals surface area contributed by atoms with Crippen molar-refractivity contribution in [3.63, 3.8) is 0 Å². The van der Waals surface area contributed by atoms with E-state index in [1.165, 1.54) is 34.7 Å². The molecule has 1 aromatic heterocycles. The van der Waals surface area contributed by atoms with Gasteiger partial charge in [0, 0.05) is 12.0 Å². The van der Waals surface area contributed by atoms with E-state index in [4.69, 9.17) is 18.0 Å². The second-order valence-electron chi connectivity index (χ2n) is 8.58. The molecule has 0 bridgehead atoms. The van der Waals surface area contributed by atoms with Gasteiger partial charge >= 0.3 is 0 Å². The smallest absolute Gasteiger partial charge is 0.174 e. The van der Waals surface area contributed by atoms with Gasteiger partial charge in [-0.1, -0.05) is 53.6 Å². The van der Waals surface area contributed by atoms with E-state index in [0.717, 1.165) is 31.1 Å². The predicted molar refractivity (Wildman–Crippen MR) is 139 cm³/mol. The topological polar surface area (TPSA) is 61.8 Å². The molecular formula is C29H23ClFN3O. The fraction of sp³-hybridized carbons (Fsp3) is 0.172. The monoisotopic (exact) mass is 483 g/mol. The lowest BCUT2D eigenvalue weighted by Crippen LogP contribution is -2.07. The lowest BCUT2D eigenvalue weighted by atomic mass is 9.79. The Morgan fingerprint density at radius 1 is 1.11 bits per heavy atom. The number of phenolic OH excluding ortho intramolecular Hbond substituents is 1. The third-order valence-electron chi connectivity index (χ3n) is 6.56. The number of rotatable bonds is 2. The molecule has 0 unspecified atom stereocenters. The molecule has 2 N–H and O–H groups in total. The number of aromatic hydroxyl groups is 1. The first-order chi connectivity index (χ1) is 17.1. The lowest BCUT2D eigenvalue weighted by molar-refractivity contribution is 0.433. The van der Waals surface area contributed by atoms with Gasteiger partial charge in [-0.15, -0.1) is 12.3 Å². The van der Waals surface area contributed by atoms with Gasteiger partial charge in [-0.3, -0.25) is 5.10 Å². The maximum Gasteiger partial charge on any atom is 0.174 e. The van der Waals surface area contributed by atoms with Gasteiger partial charge in [0.25, 0.3) is 0 Å². The number of hydrogen-bond donors (Lipinski definition) is 2. The van der Waals surface area contributed by atoms with Gasteiger partial charge in [-0.05, 0) is 76.4 Å². The quantitative estimate of drug-likeness (QED) is 0.301. The van der Waals surface area contributed by atoms with Crippen LogP contribution < -0.4 is 0 Å². The molecule has 0 aliphatic heterocycles. The van der Waals surface area contributed by atoms with Crippen molar-refractivity contribution in [1.82, 2.24) is 15.2 Å². The first-order valence-corrected chi connectivity index (χ1v) is 11.8. The molecule has 6 rings (SSSR count). The van der Waals surface area contributed by atoms with Gasteiger partial charge in [0.2, 0.25) is 0 Å². The summed E-state index contributed by atoms with van der Waals surface area (Å²) in [7, 11) is 0. The minimum Gasteiger partial charge on any atom is -0.504 e. The molecule has 0 spiro atoms. The zero-order chi connectivity index (χ0) is 24.4. The summed E-state index contributed by atoms with van der Waals surface area (Å²) >= 11 is 6.07. The van der Waals surface area contributed by atoms with Crippen LogP contribution in [-0.4, -0.2) is 20.3 Å². The normalized spacial score (nSPS) is 14.1. The number of phenols is 1. The summed E-state index contributed by atoms with van der Waals surface area (Å²) < 4.78 is 14.8. The maximum absolute atomic E-state index is 14.8. The summed E-state index contributed by atoms with van der Waals surface area (Å²) in [5.74, 6) is 1.24. The Morgan fingerprint density at radius 2 is 2.00 bits per heavy atom. The number of nitrogens with zero attached hydrogens (tertiary/aromatic N) is 2. The van der Waals surface area contributed by atoms with Crippen LogP contribution in [0.4, 0.5) is 4.39 Å². The summed E-state index contributed by atoms with van der Waals surface area (Å²) in [4.78, 5) is 3.56. The van der Waals surface area contributed by atoms with Crippen molar-refractivity contribution in [1.29, 1.82) is 0 Å². The fourth-order valence-corrected chi connectivity index (χ4v) is 5.11. The molecular weight excluding hydrogens is 461 g/mol. The number of benzene rings is 3. The largest absolute Gasteiger partial charge is 0.504 e. The SMILES string of the molecule is C#CCc1cc(-c2ccc3c4c(ccc3c2)C2=C(CCC=C2)CC4)c(F)c(O)c1Cl.c1nc[nH]n1. The molecule has 0 radical (unpaired) electrons. The Bertz CT molecular complexity index is 1500. The van der Waals surface area contributed by atoms with Crippen LogP contribution in [0.1, 0.15) is 36.0 Å². The van der Waals surface area contributed by atoms with Crippen molar-refractivity contribution in [2.75, 3.05) is 0 Å². The maximum atomic E-state index is 14.8. The first-order valence-electron chi connectivity index (χ1n) is 11.5. The van der Waals surface area contributed by atoms with E-state index in [2.05, 4.69) is 51.5 Å². The average molecular weight is 484 g/mol. The van der Waals surface area contributed by atoms with E-state index in [9.17, 15) is 9.50 Å². The highest BCUT2D eigenvalue weighted by Gasteiger charge is 2.22. The molecule has 35 heavy (non-hydrogen) atoms. The summed E-state index contributed by atoms with van der Waals surface area (Å²) in [6.45, 7) is 0. The number of fused-ring (bicyclic) bond motifs is 4. The van der Waals surface area contributed by atoms with Crippen LogP contribution in [0.15, 0.2) is 66.8 Å². The molecule has 4 aromatic rings. The molecule has 0 amide bonds. The molecule has 1 heterocycles. The van der Waals surface area contributed by atoms with Crippen LogP contribution in [0.25, 0.3) is 27.5 Å². The van der Waals surface area contributed by atoms with E-state index < -0.39 is 11.6 Å². The zero-order valence-electron chi connectivity index (χ0n) is 19.0. The Balaban J connectivity index is 0.000000453. The van der Waals surface area contributed by atoms with Crippen molar-refractivity contribution in [2.45, 2.75) is 32.1 Å². The zero-order valence-corrected chi connectivity index (χ0v) is 19.7. The Kier molecular flexibility index (Phi) is 6.39. The van der Waals surface area contributed by atoms with Crippen molar-refractivity contribution in [3.8, 4) is 29.2 Å². The summed E-state index contributed by atoms with van der Waals surface area (Å²) in [5.41, 5.74) is 7.15. The van der Waals surface area contributed by atoms with Gasteiger partial charge in [0.1, 0.15) is 12.7 Å². The first kappa shape index (κ1) is 22.9. The van der Waals surface area contributed by atoms with Crippen LogP contribution in [0, 0.1) is 18.2 Å². The number of aromatic nitrogens is 3. The van der Waals surface area contributed by atoms with Crippen LogP contribution >= 0.6 is 11.6 Å². The van der Waals surface area contributed by atoms with Gasteiger partial charge < -0.3 is 5.11 Å². The molecule has 4 nitrogen and oxygen atoms in total. The fourth-order valence-electron chi connectivity index (χ4n) is 4.90. The number of H-pyrrole nitrogens is 1. The number of terminal acetylenes is 1. The number of allylic oxidation sites excluding steroid dienone is 4. The van der Waals surface area contributed by atoms with Crippen LogP contribution in [0.2, 0.25) is 5.02 Å². The molecule has 0 saturated carbocycles. The third kappa shape index (κ3) is 4.34. The molecule has 0 saturated heterocycles. The summed E-state index contributed by atoms with van der Waals surface area (Å²) in [6.07, 6.45) is 17.5. The van der Waals surface area contributed by atoms with E-state index in [-0.39, 0.29) is 11.4 Å². The number of hydrogen-bond acceptors (Lipinski definition) is 3. The molecule has 0 atom stereocenters. The number of aromatic amines is 1. The molecule has 2 aliphatic rings. The van der Waals surface area contributed by atoms with E-state index in [1.54, 1.807) is 11.6 Å². The Labute approximate surface area is 208 Å². The van der Waals surface area contributed by atoms with Gasteiger partial charge in [-0.2, -0.15) is 5.10 Å². The van der Waals surface area contributed by atoms with Gasteiger partial charge in [0.05, 0.1) is 5.02 Å². The minimum atomic E-state index is -0.722. The average Bonchev–Trinajstić information content (AvgIpc) is 3.49. The van der Waals surface area contributed by atoms with Crippen LogP contribution in [0.5, 0.6) is 5.75 Å². The predicted octanol–water partition coefficient (Wildman–Crippen LogP) is 7.04.